The molecule has 0 aromatic rings. The Morgan fingerprint density at radius 2 is 2.31 bits per heavy atom. The largest absolute Gasteiger partial charge is 0.315 e. The third-order valence-corrected chi connectivity index (χ3v) is 2.25. The Morgan fingerprint density at radius 3 is 3.08 bits per heavy atom. The standard InChI is InChI=1S/C8H18N4O/c9-11-8(13)2-6-12-5-1-3-10-4-7-12/h10H,1-7,9H2,(H,11,13). The molecule has 0 aromatic heterocycles. The summed E-state index contributed by atoms with van der Waals surface area (Å²) in [5.74, 6) is 4.90. The Bertz CT molecular complexity index is 154. The van der Waals surface area contributed by atoms with Crippen LogP contribution in [0.25, 0.3) is 0 Å². The van der Waals surface area contributed by atoms with Crippen LogP contribution in [-0.2, 0) is 4.79 Å². The quantitative estimate of drug-likeness (QED) is 0.290. The Hall–Kier alpha value is -0.650. The van der Waals surface area contributed by atoms with Crippen LogP contribution in [-0.4, -0.2) is 43.5 Å². The Kier molecular flexibility index (Phi) is 4.74. The zero-order valence-electron chi connectivity index (χ0n) is 7.88. The number of carbonyl (C=O) groups is 1. The molecule has 0 unspecified atom stereocenters. The molecular formula is C8H18N4O. The molecule has 0 saturated carbocycles. The maximum Gasteiger partial charge on any atom is 0.235 e. The number of carbonyl (C=O) groups excluding carboxylic acids is 1. The normalized spacial score (nSPS) is 19.5. The lowest BCUT2D eigenvalue weighted by Gasteiger charge is -2.18. The van der Waals surface area contributed by atoms with Crippen LogP contribution in [0.4, 0.5) is 0 Å². The molecule has 1 aliphatic rings. The number of amides is 1. The van der Waals surface area contributed by atoms with Gasteiger partial charge >= 0.3 is 0 Å². The van der Waals surface area contributed by atoms with Crippen LogP contribution in [0, 0.1) is 0 Å². The topological polar surface area (TPSA) is 70.4 Å². The van der Waals surface area contributed by atoms with E-state index in [2.05, 4.69) is 15.6 Å². The first-order chi connectivity index (χ1) is 6.33. The lowest BCUT2D eigenvalue weighted by molar-refractivity contribution is -0.121. The molecule has 1 fully saturated rings. The molecule has 0 atom stereocenters. The summed E-state index contributed by atoms with van der Waals surface area (Å²) in [6, 6.07) is 0. The number of nitrogens with zero attached hydrogens (tertiary/aromatic N) is 1. The highest BCUT2D eigenvalue weighted by atomic mass is 16.2. The predicted octanol–water partition coefficient (Wildman–Crippen LogP) is -1.34. The van der Waals surface area contributed by atoms with E-state index in [0.29, 0.717) is 6.42 Å². The average molecular weight is 186 g/mol. The summed E-state index contributed by atoms with van der Waals surface area (Å²) in [5, 5.41) is 3.31. The second kappa shape index (κ2) is 5.90. The molecule has 0 aromatic carbocycles. The molecule has 1 heterocycles. The zero-order valence-corrected chi connectivity index (χ0v) is 7.88. The number of hydrogen-bond donors (Lipinski definition) is 3. The molecule has 1 saturated heterocycles. The van der Waals surface area contributed by atoms with Gasteiger partial charge in [0.25, 0.3) is 0 Å². The number of hydrogen-bond acceptors (Lipinski definition) is 4. The first-order valence-corrected chi connectivity index (χ1v) is 4.75. The van der Waals surface area contributed by atoms with Gasteiger partial charge in [-0.05, 0) is 19.5 Å². The average Bonchev–Trinajstić information content (AvgIpc) is 2.42. The fourth-order valence-corrected chi connectivity index (χ4v) is 1.46. The Morgan fingerprint density at radius 1 is 1.46 bits per heavy atom. The van der Waals surface area contributed by atoms with Crippen LogP contribution in [0.3, 0.4) is 0 Å². The van der Waals surface area contributed by atoms with Crippen molar-refractivity contribution in [2.45, 2.75) is 12.8 Å². The minimum absolute atomic E-state index is 0.0859. The SMILES string of the molecule is NNC(=O)CCN1CCCNCC1. The van der Waals surface area contributed by atoms with Gasteiger partial charge in [-0.3, -0.25) is 10.2 Å². The minimum atomic E-state index is -0.0859. The molecule has 5 nitrogen and oxygen atoms in total. The fourth-order valence-electron chi connectivity index (χ4n) is 1.46. The summed E-state index contributed by atoms with van der Waals surface area (Å²) in [4.78, 5) is 13.1. The van der Waals surface area contributed by atoms with E-state index in [1.807, 2.05) is 0 Å². The van der Waals surface area contributed by atoms with Gasteiger partial charge in [0.2, 0.25) is 5.91 Å². The molecule has 0 bridgehead atoms. The highest BCUT2D eigenvalue weighted by Gasteiger charge is 2.09. The van der Waals surface area contributed by atoms with Crippen LogP contribution in [0.1, 0.15) is 12.8 Å². The van der Waals surface area contributed by atoms with Crippen LogP contribution >= 0.6 is 0 Å². The van der Waals surface area contributed by atoms with Gasteiger partial charge in [-0.1, -0.05) is 0 Å². The summed E-state index contributed by atoms with van der Waals surface area (Å²) in [6.07, 6.45) is 1.65. The van der Waals surface area contributed by atoms with Crippen LogP contribution in [0.2, 0.25) is 0 Å². The third kappa shape index (κ3) is 4.21. The van der Waals surface area contributed by atoms with Crippen molar-refractivity contribution >= 4 is 5.91 Å². The van der Waals surface area contributed by atoms with Gasteiger partial charge in [0.05, 0.1) is 0 Å². The van der Waals surface area contributed by atoms with Gasteiger partial charge in [-0.25, -0.2) is 5.84 Å². The summed E-state index contributed by atoms with van der Waals surface area (Å²) in [6.45, 7) is 5.01. The van der Waals surface area contributed by atoms with E-state index in [1.165, 1.54) is 0 Å². The molecule has 0 spiro atoms. The molecule has 1 aliphatic heterocycles. The van der Waals surface area contributed by atoms with E-state index in [4.69, 9.17) is 5.84 Å². The summed E-state index contributed by atoms with van der Waals surface area (Å²) >= 11 is 0. The van der Waals surface area contributed by atoms with Crippen LogP contribution < -0.4 is 16.6 Å². The third-order valence-electron chi connectivity index (χ3n) is 2.25. The second-order valence-electron chi connectivity index (χ2n) is 3.26. The summed E-state index contributed by atoms with van der Waals surface area (Å²) in [5.41, 5.74) is 2.14. The highest BCUT2D eigenvalue weighted by Crippen LogP contribution is 1.96. The van der Waals surface area contributed by atoms with Crippen molar-refractivity contribution in [3.05, 3.63) is 0 Å². The predicted molar refractivity (Wildman–Crippen MR) is 50.9 cm³/mol. The maximum atomic E-state index is 10.9. The maximum absolute atomic E-state index is 10.9. The van der Waals surface area contributed by atoms with E-state index in [9.17, 15) is 4.79 Å². The molecule has 76 valence electrons. The van der Waals surface area contributed by atoms with E-state index in [-0.39, 0.29) is 5.91 Å². The van der Waals surface area contributed by atoms with Crippen molar-refractivity contribution in [2.24, 2.45) is 5.84 Å². The monoisotopic (exact) mass is 186 g/mol. The molecule has 0 radical (unpaired) electrons. The lowest BCUT2D eigenvalue weighted by Crippen LogP contribution is -2.35. The summed E-state index contributed by atoms with van der Waals surface area (Å²) in [7, 11) is 0. The fraction of sp³-hybridized carbons (Fsp3) is 0.875. The van der Waals surface area contributed by atoms with E-state index >= 15 is 0 Å². The number of rotatable bonds is 3. The van der Waals surface area contributed by atoms with E-state index < -0.39 is 0 Å². The molecular weight excluding hydrogens is 168 g/mol. The molecule has 0 aliphatic carbocycles. The lowest BCUT2D eigenvalue weighted by atomic mass is 10.3. The van der Waals surface area contributed by atoms with Gasteiger partial charge in [-0.2, -0.15) is 0 Å². The van der Waals surface area contributed by atoms with Crippen molar-refractivity contribution in [1.29, 1.82) is 0 Å². The zero-order chi connectivity index (χ0) is 9.52. The minimum Gasteiger partial charge on any atom is -0.315 e. The van der Waals surface area contributed by atoms with Gasteiger partial charge in [-0.15, -0.1) is 0 Å². The summed E-state index contributed by atoms with van der Waals surface area (Å²) < 4.78 is 0. The first kappa shape index (κ1) is 10.4. The number of hydrazine groups is 1. The molecule has 1 amide bonds. The van der Waals surface area contributed by atoms with E-state index in [0.717, 1.165) is 39.1 Å². The van der Waals surface area contributed by atoms with Crippen molar-refractivity contribution in [1.82, 2.24) is 15.6 Å². The first-order valence-electron chi connectivity index (χ1n) is 4.75. The Labute approximate surface area is 78.6 Å². The number of nitrogens with one attached hydrogen (secondary N) is 2. The van der Waals surface area contributed by atoms with Crippen LogP contribution in [0.15, 0.2) is 0 Å². The molecule has 13 heavy (non-hydrogen) atoms. The van der Waals surface area contributed by atoms with Crippen molar-refractivity contribution in [3.63, 3.8) is 0 Å². The van der Waals surface area contributed by atoms with Crippen molar-refractivity contribution < 1.29 is 4.79 Å². The molecule has 1 rings (SSSR count). The van der Waals surface area contributed by atoms with Gasteiger partial charge in [0.15, 0.2) is 0 Å². The van der Waals surface area contributed by atoms with E-state index in [1.54, 1.807) is 0 Å². The van der Waals surface area contributed by atoms with Gasteiger partial charge in [0, 0.05) is 26.1 Å². The van der Waals surface area contributed by atoms with Gasteiger partial charge < -0.3 is 10.2 Å². The van der Waals surface area contributed by atoms with Crippen LogP contribution in [0.5, 0.6) is 0 Å². The second-order valence-corrected chi connectivity index (χ2v) is 3.26. The number of nitrogens with two attached hydrogens (primary N) is 1. The molecule has 4 N–H and O–H groups in total. The Balaban J connectivity index is 2.15. The van der Waals surface area contributed by atoms with Crippen molar-refractivity contribution in [2.75, 3.05) is 32.7 Å². The smallest absolute Gasteiger partial charge is 0.235 e. The highest BCUT2D eigenvalue weighted by molar-refractivity contribution is 5.75. The van der Waals surface area contributed by atoms with Gasteiger partial charge in [0.1, 0.15) is 0 Å². The van der Waals surface area contributed by atoms with Crippen molar-refractivity contribution in [3.8, 4) is 0 Å². The molecule has 5 heteroatoms.